The number of hydrogen-bond donors (Lipinski definition) is 2. The van der Waals surface area contributed by atoms with Crippen molar-refractivity contribution in [1.29, 1.82) is 0 Å². The first-order valence-corrected chi connectivity index (χ1v) is 10.4. The number of carbonyl (C=O) groups is 1. The Hall–Kier alpha value is -3.07. The van der Waals surface area contributed by atoms with Crippen molar-refractivity contribution in [3.63, 3.8) is 0 Å². The molecule has 1 aliphatic carbocycles. The number of nitrogens with one attached hydrogen (secondary N) is 1. The van der Waals surface area contributed by atoms with Gasteiger partial charge in [-0.1, -0.05) is 30.3 Å². The number of nitrogens with zero attached hydrogens (tertiary/aromatic N) is 6. The van der Waals surface area contributed by atoms with E-state index in [0.29, 0.717) is 31.8 Å². The predicted molar refractivity (Wildman–Crippen MR) is 110 cm³/mol. The molecule has 2 aromatic heterocycles. The first-order chi connectivity index (χ1) is 14.6. The van der Waals surface area contributed by atoms with Crippen molar-refractivity contribution in [1.82, 2.24) is 35.1 Å². The molecule has 0 fully saturated rings. The number of aliphatic hydroxyl groups excluding tert-OH is 1. The van der Waals surface area contributed by atoms with Gasteiger partial charge < -0.3 is 15.0 Å². The maximum Gasteiger partial charge on any atom is 0.220 e. The molecule has 1 atom stereocenters. The molecule has 0 unspecified atom stereocenters. The maximum absolute atomic E-state index is 12.4. The third kappa shape index (κ3) is 4.56. The molecule has 0 saturated heterocycles. The van der Waals surface area contributed by atoms with Gasteiger partial charge in [-0.15, -0.1) is 10.2 Å². The Morgan fingerprint density at radius 1 is 1.27 bits per heavy atom. The minimum Gasteiger partial charge on any atom is -0.395 e. The second-order valence-electron chi connectivity index (χ2n) is 7.61. The van der Waals surface area contributed by atoms with Crippen LogP contribution >= 0.6 is 0 Å². The summed E-state index contributed by atoms with van der Waals surface area (Å²) in [7, 11) is 0. The number of hydrogen-bond acceptors (Lipinski definition) is 6. The minimum atomic E-state index is 0.0401. The molecule has 1 amide bonds. The lowest BCUT2D eigenvalue weighted by atomic mass is 9.95. The van der Waals surface area contributed by atoms with E-state index in [1.54, 1.807) is 4.80 Å². The van der Waals surface area contributed by atoms with Gasteiger partial charge >= 0.3 is 0 Å². The highest BCUT2D eigenvalue weighted by molar-refractivity contribution is 5.76. The average Bonchev–Trinajstić information content (AvgIpc) is 3.33. The fraction of sp³-hybridized carbons (Fsp3) is 0.476. The molecular weight excluding hydrogens is 382 g/mol. The number of rotatable bonds is 8. The van der Waals surface area contributed by atoms with Crippen LogP contribution in [0.25, 0.3) is 11.4 Å². The van der Waals surface area contributed by atoms with Crippen LogP contribution in [0, 0.1) is 6.92 Å². The van der Waals surface area contributed by atoms with E-state index in [1.165, 1.54) is 5.69 Å². The molecule has 1 aromatic carbocycles. The number of fused-ring (bicyclic) bond motifs is 1. The van der Waals surface area contributed by atoms with Crippen molar-refractivity contribution in [3.05, 3.63) is 47.5 Å². The van der Waals surface area contributed by atoms with Crippen LogP contribution < -0.4 is 5.32 Å². The number of aryl methyl sites for hydroxylation is 2. The van der Waals surface area contributed by atoms with Gasteiger partial charge in [0.1, 0.15) is 5.82 Å². The summed E-state index contributed by atoms with van der Waals surface area (Å²) in [6.07, 6.45) is 3.57. The zero-order chi connectivity index (χ0) is 20.9. The van der Waals surface area contributed by atoms with Crippen LogP contribution in [-0.4, -0.2) is 53.4 Å². The predicted octanol–water partition coefficient (Wildman–Crippen LogP) is 1.29. The zero-order valence-electron chi connectivity index (χ0n) is 17.2. The molecule has 9 heteroatoms. The van der Waals surface area contributed by atoms with E-state index in [2.05, 4.69) is 30.3 Å². The second-order valence-corrected chi connectivity index (χ2v) is 7.61. The third-order valence-corrected chi connectivity index (χ3v) is 5.45. The summed E-state index contributed by atoms with van der Waals surface area (Å²) in [6.45, 7) is 3.19. The van der Waals surface area contributed by atoms with Gasteiger partial charge in [-0.05, 0) is 31.4 Å². The summed E-state index contributed by atoms with van der Waals surface area (Å²) in [6, 6.07) is 9.81. The van der Waals surface area contributed by atoms with Crippen LogP contribution in [0.1, 0.15) is 36.5 Å². The van der Waals surface area contributed by atoms with Crippen LogP contribution in [0.2, 0.25) is 0 Å². The van der Waals surface area contributed by atoms with E-state index in [-0.39, 0.29) is 18.6 Å². The quantitative estimate of drug-likeness (QED) is 0.580. The number of aliphatic hydroxyl groups is 1. The van der Waals surface area contributed by atoms with Crippen LogP contribution in [0.3, 0.4) is 0 Å². The van der Waals surface area contributed by atoms with Gasteiger partial charge in [0.15, 0.2) is 0 Å². The molecule has 1 aliphatic rings. The summed E-state index contributed by atoms with van der Waals surface area (Å²) in [5.74, 6) is 1.56. The highest BCUT2D eigenvalue weighted by atomic mass is 16.3. The highest BCUT2D eigenvalue weighted by Gasteiger charge is 2.25. The summed E-state index contributed by atoms with van der Waals surface area (Å²) in [4.78, 5) is 18.6. The summed E-state index contributed by atoms with van der Waals surface area (Å²) in [5.41, 5.74) is 3.16. The molecule has 0 aliphatic heterocycles. The van der Waals surface area contributed by atoms with Crippen molar-refractivity contribution in [3.8, 4) is 11.4 Å². The molecule has 9 nitrogen and oxygen atoms in total. The Balaban J connectivity index is 1.24. The average molecular weight is 409 g/mol. The van der Waals surface area contributed by atoms with Gasteiger partial charge in [-0.3, -0.25) is 4.79 Å². The first-order valence-electron chi connectivity index (χ1n) is 10.4. The minimum absolute atomic E-state index is 0.0401. The lowest BCUT2D eigenvalue weighted by molar-refractivity contribution is -0.122. The Bertz CT molecular complexity index is 996. The van der Waals surface area contributed by atoms with Crippen LogP contribution in [0.5, 0.6) is 0 Å². The molecular formula is C21H27N7O2. The monoisotopic (exact) mass is 409 g/mol. The van der Waals surface area contributed by atoms with E-state index in [0.717, 1.165) is 36.3 Å². The Labute approximate surface area is 175 Å². The standard InChI is InChI=1S/C21H27N7O2/c1-15-22-18-14-17(9-10-19(18)27(15)12-13-29)23-20(30)8-5-11-28-25-21(24-26-28)16-6-3-2-4-7-16/h2-4,6-7,17,29H,5,8-14H2,1H3,(H,23,30)/t17-/m1/s1. The number of imidazole rings is 1. The van der Waals surface area contributed by atoms with E-state index < -0.39 is 0 Å². The lowest BCUT2D eigenvalue weighted by Crippen LogP contribution is -2.39. The molecule has 2 N–H and O–H groups in total. The fourth-order valence-electron chi connectivity index (χ4n) is 4.00. The van der Waals surface area contributed by atoms with Crippen molar-refractivity contribution >= 4 is 5.91 Å². The van der Waals surface area contributed by atoms with Crippen molar-refractivity contribution in [2.45, 2.75) is 58.2 Å². The molecule has 3 aromatic rings. The van der Waals surface area contributed by atoms with Crippen LogP contribution in [0.4, 0.5) is 0 Å². The molecule has 4 rings (SSSR count). The van der Waals surface area contributed by atoms with Crippen LogP contribution in [-0.2, 0) is 30.7 Å². The highest BCUT2D eigenvalue weighted by Crippen LogP contribution is 2.22. The van der Waals surface area contributed by atoms with Gasteiger partial charge in [-0.2, -0.15) is 4.80 Å². The number of aromatic nitrogens is 6. The van der Waals surface area contributed by atoms with Gasteiger partial charge in [-0.25, -0.2) is 4.98 Å². The van der Waals surface area contributed by atoms with E-state index in [1.807, 2.05) is 37.3 Å². The van der Waals surface area contributed by atoms with Crippen LogP contribution in [0.15, 0.2) is 30.3 Å². The summed E-state index contributed by atoms with van der Waals surface area (Å²) >= 11 is 0. The number of carbonyl (C=O) groups excluding carboxylic acids is 1. The number of amides is 1. The lowest BCUT2D eigenvalue weighted by Gasteiger charge is -2.23. The second kappa shape index (κ2) is 9.17. The first kappa shape index (κ1) is 20.2. The normalized spacial score (nSPS) is 15.7. The smallest absolute Gasteiger partial charge is 0.220 e. The Morgan fingerprint density at radius 2 is 2.10 bits per heavy atom. The van der Waals surface area contributed by atoms with E-state index >= 15 is 0 Å². The van der Waals surface area contributed by atoms with E-state index in [4.69, 9.17) is 0 Å². The largest absolute Gasteiger partial charge is 0.395 e. The molecule has 0 spiro atoms. The zero-order valence-corrected chi connectivity index (χ0v) is 17.2. The van der Waals surface area contributed by atoms with Gasteiger partial charge in [0.25, 0.3) is 0 Å². The van der Waals surface area contributed by atoms with Gasteiger partial charge in [0.2, 0.25) is 11.7 Å². The van der Waals surface area contributed by atoms with Gasteiger partial charge in [0, 0.05) is 36.7 Å². The SMILES string of the molecule is Cc1nc2c(n1CCO)CC[C@@H](NC(=O)CCCn1nnc(-c3ccccc3)n1)C2. The molecule has 0 bridgehead atoms. The molecule has 0 radical (unpaired) electrons. The number of benzene rings is 1. The Kier molecular flexibility index (Phi) is 6.18. The Morgan fingerprint density at radius 3 is 2.90 bits per heavy atom. The molecule has 30 heavy (non-hydrogen) atoms. The molecule has 2 heterocycles. The fourth-order valence-corrected chi connectivity index (χ4v) is 4.00. The van der Waals surface area contributed by atoms with Crippen molar-refractivity contribution in [2.75, 3.05) is 6.61 Å². The van der Waals surface area contributed by atoms with Gasteiger partial charge in [0.05, 0.1) is 18.8 Å². The summed E-state index contributed by atoms with van der Waals surface area (Å²) < 4.78 is 2.09. The van der Waals surface area contributed by atoms with Crippen molar-refractivity contribution < 1.29 is 9.90 Å². The number of tetrazole rings is 1. The summed E-state index contributed by atoms with van der Waals surface area (Å²) in [5, 5.41) is 24.9. The van der Waals surface area contributed by atoms with E-state index in [9.17, 15) is 9.90 Å². The topological polar surface area (TPSA) is 111 Å². The molecule has 0 saturated carbocycles. The third-order valence-electron chi connectivity index (χ3n) is 5.45. The molecule has 158 valence electrons. The van der Waals surface area contributed by atoms with Crippen molar-refractivity contribution in [2.24, 2.45) is 0 Å². The maximum atomic E-state index is 12.4.